The van der Waals surface area contributed by atoms with E-state index in [1.165, 1.54) is 11.3 Å². The molecule has 8 heteroatoms. The molecular weight excluding hydrogens is 334 g/mol. The second kappa shape index (κ2) is 6.61. The summed E-state index contributed by atoms with van der Waals surface area (Å²) in [7, 11) is -3.47. The second-order valence-electron chi connectivity index (χ2n) is 5.05. The van der Waals surface area contributed by atoms with E-state index in [0.717, 1.165) is 16.0 Å². The van der Waals surface area contributed by atoms with Crippen molar-refractivity contribution >= 4 is 21.4 Å². The maximum Gasteiger partial charge on any atom is 0.257 e. The van der Waals surface area contributed by atoms with Crippen molar-refractivity contribution in [2.24, 2.45) is 0 Å². The van der Waals surface area contributed by atoms with Crippen molar-refractivity contribution in [1.82, 2.24) is 14.9 Å². The van der Waals surface area contributed by atoms with E-state index in [0.29, 0.717) is 5.89 Å². The Kier molecular flexibility index (Phi) is 4.56. The predicted octanol–water partition coefficient (Wildman–Crippen LogP) is 2.73. The van der Waals surface area contributed by atoms with E-state index >= 15 is 0 Å². The van der Waals surface area contributed by atoms with Gasteiger partial charge in [0.2, 0.25) is 15.9 Å². The topological polar surface area (TPSA) is 85.1 Å². The summed E-state index contributed by atoms with van der Waals surface area (Å²) in [5.74, 6) is 0.551. The van der Waals surface area contributed by atoms with Crippen LogP contribution < -0.4 is 4.72 Å². The Balaban J connectivity index is 1.63. The molecule has 2 heterocycles. The number of aromatic nitrogens is 2. The van der Waals surface area contributed by atoms with Gasteiger partial charge in [-0.1, -0.05) is 35.9 Å². The lowest BCUT2D eigenvalue weighted by molar-refractivity contribution is 0.495. The molecule has 0 atom stereocenters. The minimum Gasteiger partial charge on any atom is -0.418 e. The van der Waals surface area contributed by atoms with Crippen LogP contribution in [-0.2, 0) is 22.3 Å². The van der Waals surface area contributed by atoms with Gasteiger partial charge < -0.3 is 4.42 Å². The second-order valence-corrected chi connectivity index (χ2v) is 7.80. The molecule has 23 heavy (non-hydrogen) atoms. The highest BCUT2D eigenvalue weighted by atomic mass is 32.2. The van der Waals surface area contributed by atoms with Gasteiger partial charge in [-0.15, -0.1) is 21.5 Å². The van der Waals surface area contributed by atoms with Crippen LogP contribution in [-0.4, -0.2) is 18.6 Å². The monoisotopic (exact) mass is 349 g/mol. The minimum atomic E-state index is -3.47. The van der Waals surface area contributed by atoms with Gasteiger partial charge >= 0.3 is 0 Å². The van der Waals surface area contributed by atoms with Crippen LogP contribution in [0.25, 0.3) is 10.8 Å². The van der Waals surface area contributed by atoms with Gasteiger partial charge in [0.1, 0.15) is 0 Å². The Bertz CT molecular complexity index is 886. The molecule has 0 fully saturated rings. The number of nitrogens with zero attached hydrogens (tertiary/aromatic N) is 2. The number of nitrogens with one attached hydrogen (secondary N) is 1. The summed E-state index contributed by atoms with van der Waals surface area (Å²) < 4.78 is 32.2. The summed E-state index contributed by atoms with van der Waals surface area (Å²) in [4.78, 5) is 0.853. The number of aryl methyl sites for hydroxylation is 1. The van der Waals surface area contributed by atoms with Gasteiger partial charge in [-0.3, -0.25) is 0 Å². The summed E-state index contributed by atoms with van der Waals surface area (Å²) in [5.41, 5.74) is 1.76. The summed E-state index contributed by atoms with van der Waals surface area (Å²) >= 11 is 1.48. The van der Waals surface area contributed by atoms with Crippen LogP contribution in [0.4, 0.5) is 0 Å². The molecule has 0 amide bonds. The number of rotatable bonds is 6. The standard InChI is InChI=1S/C15H15N3O3S2/c1-11-4-2-5-12(8-11)10-23(19,20)16-9-14-17-18-15(21-14)13-6-3-7-22-13/h2-8,16H,9-10H2,1H3. The molecule has 6 nitrogen and oxygen atoms in total. The van der Waals surface area contributed by atoms with Crippen LogP contribution in [0, 0.1) is 6.92 Å². The minimum absolute atomic E-state index is 0.0213. The van der Waals surface area contributed by atoms with Crippen LogP contribution in [0.1, 0.15) is 17.0 Å². The molecule has 1 N–H and O–H groups in total. The Hall–Kier alpha value is -2.03. The Morgan fingerprint density at radius 1 is 1.22 bits per heavy atom. The summed E-state index contributed by atoms with van der Waals surface area (Å²) in [6, 6.07) is 11.1. The zero-order valence-corrected chi connectivity index (χ0v) is 14.0. The highest BCUT2D eigenvalue weighted by Crippen LogP contribution is 2.22. The molecule has 3 aromatic rings. The molecular formula is C15H15N3O3S2. The highest BCUT2D eigenvalue weighted by Gasteiger charge is 2.15. The largest absolute Gasteiger partial charge is 0.418 e. The van der Waals surface area contributed by atoms with E-state index in [2.05, 4.69) is 14.9 Å². The van der Waals surface area contributed by atoms with E-state index < -0.39 is 10.0 Å². The molecule has 1 aromatic carbocycles. The first-order valence-corrected chi connectivity index (χ1v) is 9.44. The molecule has 2 aromatic heterocycles. The SMILES string of the molecule is Cc1cccc(CS(=O)(=O)NCc2nnc(-c3cccs3)o2)c1. The third-order valence-corrected chi connectivity index (χ3v) is 5.24. The van der Waals surface area contributed by atoms with Crippen molar-refractivity contribution in [3.8, 4) is 10.8 Å². The Labute approximate surface area is 138 Å². The first-order valence-electron chi connectivity index (χ1n) is 6.91. The van der Waals surface area contributed by atoms with Crippen molar-refractivity contribution in [2.75, 3.05) is 0 Å². The molecule has 3 rings (SSSR count). The smallest absolute Gasteiger partial charge is 0.257 e. The zero-order chi connectivity index (χ0) is 16.3. The van der Waals surface area contributed by atoms with Crippen LogP contribution in [0.3, 0.4) is 0 Å². The molecule has 0 spiro atoms. The van der Waals surface area contributed by atoms with Gasteiger partial charge in [-0.05, 0) is 23.9 Å². The van der Waals surface area contributed by atoms with Crippen molar-refractivity contribution < 1.29 is 12.8 Å². The van der Waals surface area contributed by atoms with E-state index in [9.17, 15) is 8.42 Å². The molecule has 0 radical (unpaired) electrons. The third-order valence-electron chi connectivity index (χ3n) is 3.08. The van der Waals surface area contributed by atoms with Crippen molar-refractivity contribution in [2.45, 2.75) is 19.2 Å². The van der Waals surface area contributed by atoms with Gasteiger partial charge in [0.05, 0.1) is 17.2 Å². The average Bonchev–Trinajstić information content (AvgIpc) is 3.16. The lowest BCUT2D eigenvalue weighted by atomic mass is 10.2. The fraction of sp³-hybridized carbons (Fsp3) is 0.200. The van der Waals surface area contributed by atoms with E-state index in [1.54, 1.807) is 6.07 Å². The lowest BCUT2D eigenvalue weighted by Gasteiger charge is -2.05. The number of sulfonamides is 1. The van der Waals surface area contributed by atoms with Crippen LogP contribution in [0.5, 0.6) is 0 Å². The van der Waals surface area contributed by atoms with Gasteiger partial charge in [0.15, 0.2) is 0 Å². The van der Waals surface area contributed by atoms with Gasteiger partial charge in [0.25, 0.3) is 5.89 Å². The predicted molar refractivity (Wildman–Crippen MR) is 88.3 cm³/mol. The maximum atomic E-state index is 12.1. The Morgan fingerprint density at radius 3 is 2.83 bits per heavy atom. The first kappa shape index (κ1) is 15.9. The Morgan fingerprint density at radius 2 is 2.09 bits per heavy atom. The first-order chi connectivity index (χ1) is 11.0. The van der Waals surface area contributed by atoms with Crippen molar-refractivity contribution in [1.29, 1.82) is 0 Å². The number of hydrogen-bond donors (Lipinski definition) is 1. The fourth-order valence-corrected chi connectivity index (χ4v) is 3.78. The zero-order valence-electron chi connectivity index (χ0n) is 12.4. The molecule has 0 unspecified atom stereocenters. The van der Waals surface area contributed by atoms with Gasteiger partial charge in [-0.2, -0.15) is 0 Å². The summed E-state index contributed by atoms with van der Waals surface area (Å²) in [6.07, 6.45) is 0. The van der Waals surface area contributed by atoms with Crippen LogP contribution in [0.15, 0.2) is 46.2 Å². The van der Waals surface area contributed by atoms with Crippen molar-refractivity contribution in [3.63, 3.8) is 0 Å². The van der Waals surface area contributed by atoms with Gasteiger partial charge in [-0.25, -0.2) is 13.1 Å². The number of benzene rings is 1. The summed E-state index contributed by atoms with van der Waals surface area (Å²) in [6.45, 7) is 1.90. The van der Waals surface area contributed by atoms with Crippen LogP contribution >= 0.6 is 11.3 Å². The molecule has 0 aliphatic carbocycles. The van der Waals surface area contributed by atoms with E-state index in [-0.39, 0.29) is 18.2 Å². The summed E-state index contributed by atoms with van der Waals surface area (Å²) in [5, 5.41) is 9.68. The molecule has 0 saturated carbocycles. The van der Waals surface area contributed by atoms with Crippen LogP contribution in [0.2, 0.25) is 0 Å². The quantitative estimate of drug-likeness (QED) is 0.739. The fourth-order valence-electron chi connectivity index (χ4n) is 2.07. The molecule has 0 saturated heterocycles. The maximum absolute atomic E-state index is 12.1. The molecule has 0 aliphatic rings. The third kappa shape index (κ3) is 4.25. The molecule has 0 bridgehead atoms. The van der Waals surface area contributed by atoms with Gasteiger partial charge in [0, 0.05) is 0 Å². The highest BCUT2D eigenvalue weighted by molar-refractivity contribution is 7.88. The number of hydrogen-bond acceptors (Lipinski definition) is 6. The molecule has 120 valence electrons. The van der Waals surface area contributed by atoms with Crippen molar-refractivity contribution in [3.05, 3.63) is 58.8 Å². The normalized spacial score (nSPS) is 11.7. The molecule has 0 aliphatic heterocycles. The van der Waals surface area contributed by atoms with E-state index in [4.69, 9.17) is 4.42 Å². The lowest BCUT2D eigenvalue weighted by Crippen LogP contribution is -2.24. The average molecular weight is 349 g/mol. The number of thiophene rings is 1. The van der Waals surface area contributed by atoms with E-state index in [1.807, 2.05) is 42.6 Å².